The maximum atomic E-state index is 12.6. The number of halogens is 1. The Labute approximate surface area is 93.9 Å². The van der Waals surface area contributed by atoms with Crippen LogP contribution in [-0.2, 0) is 0 Å². The van der Waals surface area contributed by atoms with Crippen molar-refractivity contribution < 1.29 is 4.39 Å². The summed E-state index contributed by atoms with van der Waals surface area (Å²) >= 11 is 1.87. The number of rotatable bonds is 7. The van der Waals surface area contributed by atoms with E-state index in [0.29, 0.717) is 5.82 Å². The third-order valence-electron chi connectivity index (χ3n) is 1.97. The molecule has 0 aromatic carbocycles. The van der Waals surface area contributed by atoms with Gasteiger partial charge in [0.1, 0.15) is 12.1 Å². The number of aromatic nitrogens is 2. The van der Waals surface area contributed by atoms with E-state index < -0.39 is 5.95 Å². The van der Waals surface area contributed by atoms with Crippen molar-refractivity contribution in [2.24, 2.45) is 0 Å². The van der Waals surface area contributed by atoms with E-state index in [1.54, 1.807) is 0 Å². The van der Waals surface area contributed by atoms with Crippen molar-refractivity contribution in [3.63, 3.8) is 0 Å². The molecule has 0 unspecified atom stereocenters. The van der Waals surface area contributed by atoms with Gasteiger partial charge < -0.3 is 5.32 Å². The van der Waals surface area contributed by atoms with E-state index in [1.807, 2.05) is 11.8 Å². The summed E-state index contributed by atoms with van der Waals surface area (Å²) in [6.45, 7) is 0.838. The van der Waals surface area contributed by atoms with Crippen LogP contribution in [0.1, 0.15) is 19.3 Å². The molecule has 0 radical (unpaired) electrons. The third kappa shape index (κ3) is 5.57. The maximum Gasteiger partial charge on any atom is 0.217 e. The highest BCUT2D eigenvalue weighted by atomic mass is 32.2. The summed E-state index contributed by atoms with van der Waals surface area (Å²) in [6.07, 6.45) is 6.86. The molecule has 0 aliphatic carbocycles. The van der Waals surface area contributed by atoms with Gasteiger partial charge in [0, 0.05) is 12.6 Å². The van der Waals surface area contributed by atoms with Gasteiger partial charge in [-0.2, -0.15) is 16.2 Å². The summed E-state index contributed by atoms with van der Waals surface area (Å²) in [5.41, 5.74) is 0. The second-order valence-corrected chi connectivity index (χ2v) is 4.19. The number of anilines is 1. The Kier molecular flexibility index (Phi) is 6.08. The van der Waals surface area contributed by atoms with Crippen molar-refractivity contribution >= 4 is 17.6 Å². The topological polar surface area (TPSA) is 37.8 Å². The Balaban J connectivity index is 2.10. The number of unbranched alkanes of at least 4 members (excludes halogenated alkanes) is 2. The number of hydrogen-bond donors (Lipinski definition) is 1. The summed E-state index contributed by atoms with van der Waals surface area (Å²) in [6, 6.07) is 1.31. The van der Waals surface area contributed by atoms with Gasteiger partial charge in [-0.3, -0.25) is 0 Å². The minimum atomic E-state index is -0.491. The first kappa shape index (κ1) is 12.2. The van der Waals surface area contributed by atoms with E-state index in [0.717, 1.165) is 13.0 Å². The monoisotopic (exact) mass is 229 g/mol. The van der Waals surface area contributed by atoms with Crippen LogP contribution in [0.4, 0.5) is 10.2 Å². The van der Waals surface area contributed by atoms with Crippen LogP contribution in [0.2, 0.25) is 0 Å². The largest absolute Gasteiger partial charge is 0.370 e. The Morgan fingerprint density at radius 2 is 2.20 bits per heavy atom. The summed E-state index contributed by atoms with van der Waals surface area (Å²) in [4.78, 5) is 7.30. The predicted octanol–water partition coefficient (Wildman–Crippen LogP) is 2.56. The number of thioether (sulfide) groups is 1. The van der Waals surface area contributed by atoms with Gasteiger partial charge in [0.05, 0.1) is 0 Å². The molecular formula is C10H16FN3S. The van der Waals surface area contributed by atoms with Gasteiger partial charge in [-0.15, -0.1) is 0 Å². The highest BCUT2D eigenvalue weighted by molar-refractivity contribution is 7.98. The zero-order chi connectivity index (χ0) is 10.9. The van der Waals surface area contributed by atoms with E-state index >= 15 is 0 Å². The van der Waals surface area contributed by atoms with Crippen LogP contribution in [0.15, 0.2) is 12.4 Å². The van der Waals surface area contributed by atoms with Crippen molar-refractivity contribution in [3.8, 4) is 0 Å². The molecule has 1 rings (SSSR count). The fourth-order valence-electron chi connectivity index (χ4n) is 1.19. The number of nitrogens with zero attached hydrogens (tertiary/aromatic N) is 2. The van der Waals surface area contributed by atoms with E-state index in [1.165, 1.54) is 31.0 Å². The van der Waals surface area contributed by atoms with E-state index in [4.69, 9.17) is 0 Å². The van der Waals surface area contributed by atoms with Gasteiger partial charge in [0.15, 0.2) is 0 Å². The van der Waals surface area contributed by atoms with Gasteiger partial charge in [-0.05, 0) is 24.9 Å². The average molecular weight is 229 g/mol. The molecule has 0 amide bonds. The summed E-state index contributed by atoms with van der Waals surface area (Å²) in [5, 5.41) is 3.06. The van der Waals surface area contributed by atoms with Gasteiger partial charge in [0.25, 0.3) is 0 Å². The smallest absolute Gasteiger partial charge is 0.217 e. The zero-order valence-electron chi connectivity index (χ0n) is 8.87. The molecule has 1 aromatic heterocycles. The minimum absolute atomic E-state index is 0.491. The Hall–Kier alpha value is -0.840. The molecule has 0 aliphatic heterocycles. The molecule has 3 nitrogen and oxygen atoms in total. The lowest BCUT2D eigenvalue weighted by molar-refractivity contribution is 0.580. The van der Waals surface area contributed by atoms with E-state index in [9.17, 15) is 4.39 Å². The molecule has 1 heterocycles. The average Bonchev–Trinajstić information content (AvgIpc) is 2.23. The molecule has 0 fully saturated rings. The highest BCUT2D eigenvalue weighted by Crippen LogP contribution is 2.05. The molecule has 5 heteroatoms. The van der Waals surface area contributed by atoms with Crippen molar-refractivity contribution in [2.45, 2.75) is 19.3 Å². The van der Waals surface area contributed by atoms with Gasteiger partial charge >= 0.3 is 0 Å². The standard InChI is InChI=1S/C10H16FN3S/c1-15-6-4-2-3-5-12-10-7-9(11)13-8-14-10/h7-8H,2-6H2,1H3,(H,12,13,14). The number of hydrogen-bond acceptors (Lipinski definition) is 4. The van der Waals surface area contributed by atoms with Crippen LogP contribution < -0.4 is 5.32 Å². The minimum Gasteiger partial charge on any atom is -0.370 e. The van der Waals surface area contributed by atoms with Crippen LogP contribution in [0, 0.1) is 5.95 Å². The second kappa shape index (κ2) is 7.45. The number of nitrogens with one attached hydrogen (secondary N) is 1. The molecule has 0 saturated carbocycles. The first-order chi connectivity index (χ1) is 7.33. The molecule has 15 heavy (non-hydrogen) atoms. The molecule has 0 aliphatic rings. The molecule has 84 valence electrons. The normalized spacial score (nSPS) is 10.3. The molecule has 1 N–H and O–H groups in total. The predicted molar refractivity (Wildman–Crippen MR) is 62.7 cm³/mol. The quantitative estimate of drug-likeness (QED) is 0.576. The van der Waals surface area contributed by atoms with Crippen molar-refractivity contribution in [3.05, 3.63) is 18.3 Å². The first-order valence-electron chi connectivity index (χ1n) is 5.03. The third-order valence-corrected chi connectivity index (χ3v) is 2.66. The van der Waals surface area contributed by atoms with Gasteiger partial charge in [0.2, 0.25) is 5.95 Å². The maximum absolute atomic E-state index is 12.6. The fraction of sp³-hybridized carbons (Fsp3) is 0.600. The van der Waals surface area contributed by atoms with Crippen LogP contribution in [-0.4, -0.2) is 28.5 Å². The summed E-state index contributed by atoms with van der Waals surface area (Å²) in [7, 11) is 0. The molecule has 0 atom stereocenters. The van der Waals surface area contributed by atoms with E-state index in [-0.39, 0.29) is 0 Å². The lowest BCUT2D eigenvalue weighted by Gasteiger charge is -2.04. The lowest BCUT2D eigenvalue weighted by Crippen LogP contribution is -2.04. The molecule has 0 saturated heterocycles. The Morgan fingerprint density at radius 3 is 2.93 bits per heavy atom. The van der Waals surface area contributed by atoms with Crippen LogP contribution in [0.3, 0.4) is 0 Å². The van der Waals surface area contributed by atoms with Crippen LogP contribution in [0.5, 0.6) is 0 Å². The van der Waals surface area contributed by atoms with Gasteiger partial charge in [-0.25, -0.2) is 9.97 Å². The molecule has 1 aromatic rings. The van der Waals surface area contributed by atoms with Crippen molar-refractivity contribution in [1.82, 2.24) is 9.97 Å². The van der Waals surface area contributed by atoms with Crippen molar-refractivity contribution in [2.75, 3.05) is 23.9 Å². The fourth-order valence-corrected chi connectivity index (χ4v) is 1.69. The summed E-state index contributed by atoms with van der Waals surface area (Å²) in [5.74, 6) is 1.28. The first-order valence-corrected chi connectivity index (χ1v) is 6.42. The van der Waals surface area contributed by atoms with Crippen molar-refractivity contribution in [1.29, 1.82) is 0 Å². The molecular weight excluding hydrogens is 213 g/mol. The summed E-state index contributed by atoms with van der Waals surface area (Å²) < 4.78 is 12.6. The molecule has 0 spiro atoms. The van der Waals surface area contributed by atoms with Crippen LogP contribution >= 0.6 is 11.8 Å². The Morgan fingerprint density at radius 1 is 1.33 bits per heavy atom. The van der Waals surface area contributed by atoms with Crippen LogP contribution in [0.25, 0.3) is 0 Å². The highest BCUT2D eigenvalue weighted by Gasteiger charge is 1.96. The lowest BCUT2D eigenvalue weighted by atomic mass is 10.2. The van der Waals surface area contributed by atoms with E-state index in [2.05, 4.69) is 21.5 Å². The molecule has 0 bridgehead atoms. The zero-order valence-corrected chi connectivity index (χ0v) is 9.69. The Bertz CT molecular complexity index is 283. The second-order valence-electron chi connectivity index (χ2n) is 3.21. The SMILES string of the molecule is CSCCCCCNc1cc(F)ncn1. The van der Waals surface area contributed by atoms with Gasteiger partial charge in [-0.1, -0.05) is 6.42 Å².